The molecule has 1 aliphatic rings. The van der Waals surface area contributed by atoms with Gasteiger partial charge in [-0.15, -0.1) is 0 Å². The van der Waals surface area contributed by atoms with Crippen molar-refractivity contribution in [2.24, 2.45) is 0 Å². The third kappa shape index (κ3) is 5.29. The van der Waals surface area contributed by atoms with E-state index < -0.39 is 0 Å². The van der Waals surface area contributed by atoms with Crippen LogP contribution in [-0.2, 0) is 17.6 Å². The Labute approximate surface area is 178 Å². The van der Waals surface area contributed by atoms with Gasteiger partial charge in [0.2, 0.25) is 5.91 Å². The fourth-order valence-corrected chi connectivity index (χ4v) is 4.11. The number of hydrogen-bond donors (Lipinski definition) is 1. The van der Waals surface area contributed by atoms with Gasteiger partial charge in [-0.2, -0.15) is 0 Å². The van der Waals surface area contributed by atoms with Gasteiger partial charge in [-0.25, -0.2) is 0 Å². The van der Waals surface area contributed by atoms with E-state index in [2.05, 4.69) is 66.0 Å². The van der Waals surface area contributed by atoms with Crippen molar-refractivity contribution in [2.75, 3.05) is 6.54 Å². The lowest BCUT2D eigenvalue weighted by Gasteiger charge is -2.16. The molecule has 3 aromatic carbocycles. The Bertz CT molecular complexity index is 1050. The Hall–Kier alpha value is -3.07. The Morgan fingerprint density at radius 3 is 2.63 bits per heavy atom. The summed E-state index contributed by atoms with van der Waals surface area (Å²) in [5.74, 6) is 1.99. The molecular weight excluding hydrogens is 370 g/mol. The van der Waals surface area contributed by atoms with Crippen molar-refractivity contribution in [2.45, 2.75) is 45.4 Å². The fourth-order valence-electron chi connectivity index (χ4n) is 4.11. The lowest BCUT2D eigenvalue weighted by molar-refractivity contribution is -0.118. The Morgan fingerprint density at radius 1 is 1.00 bits per heavy atom. The minimum Gasteiger partial charge on any atom is -0.462 e. The van der Waals surface area contributed by atoms with Crippen molar-refractivity contribution >= 4 is 16.7 Å². The van der Waals surface area contributed by atoms with Crippen LogP contribution in [0, 0.1) is 0 Å². The van der Waals surface area contributed by atoms with Crippen LogP contribution in [0.1, 0.15) is 49.3 Å². The van der Waals surface area contributed by atoms with Gasteiger partial charge >= 0.3 is 0 Å². The number of allylic oxidation sites excluding steroid dienone is 2. The van der Waals surface area contributed by atoms with E-state index in [1.165, 1.54) is 40.3 Å². The van der Waals surface area contributed by atoms with Gasteiger partial charge < -0.3 is 10.1 Å². The molecule has 30 heavy (non-hydrogen) atoms. The first-order valence-corrected chi connectivity index (χ1v) is 10.9. The van der Waals surface area contributed by atoms with Gasteiger partial charge in [0, 0.05) is 19.9 Å². The quantitative estimate of drug-likeness (QED) is 0.533. The molecule has 1 amide bonds. The summed E-state index contributed by atoms with van der Waals surface area (Å²) < 4.78 is 6.18. The number of fused-ring (bicyclic) bond motifs is 1. The number of amides is 1. The zero-order valence-corrected chi connectivity index (χ0v) is 17.6. The van der Waals surface area contributed by atoms with Crippen LogP contribution in [0.5, 0.6) is 5.75 Å². The molecule has 0 heterocycles. The van der Waals surface area contributed by atoms with E-state index in [0.29, 0.717) is 6.54 Å². The summed E-state index contributed by atoms with van der Waals surface area (Å²) in [5, 5.41) is 5.34. The molecule has 0 aliphatic heterocycles. The monoisotopic (exact) mass is 399 g/mol. The van der Waals surface area contributed by atoms with Gasteiger partial charge in [0.15, 0.2) is 0 Å². The second-order valence-corrected chi connectivity index (χ2v) is 8.05. The summed E-state index contributed by atoms with van der Waals surface area (Å²) in [6.45, 7) is 2.20. The normalized spacial score (nSPS) is 13.7. The minimum atomic E-state index is 0.00741. The van der Waals surface area contributed by atoms with Crippen LogP contribution in [0.2, 0.25) is 0 Å². The zero-order valence-electron chi connectivity index (χ0n) is 17.6. The van der Waals surface area contributed by atoms with Gasteiger partial charge in [-0.05, 0) is 77.8 Å². The average molecular weight is 400 g/mol. The first kappa shape index (κ1) is 20.2. The highest BCUT2D eigenvalue weighted by atomic mass is 16.5. The van der Waals surface area contributed by atoms with Crippen LogP contribution in [0.3, 0.4) is 0 Å². The van der Waals surface area contributed by atoms with Crippen molar-refractivity contribution in [3.05, 3.63) is 89.2 Å². The summed E-state index contributed by atoms with van der Waals surface area (Å²) in [7, 11) is 0. The Balaban J connectivity index is 1.65. The molecule has 0 radical (unpaired) electrons. The molecule has 0 saturated heterocycles. The van der Waals surface area contributed by atoms with E-state index in [4.69, 9.17) is 4.74 Å². The van der Waals surface area contributed by atoms with Crippen molar-refractivity contribution in [3.8, 4) is 5.75 Å². The summed E-state index contributed by atoms with van der Waals surface area (Å²) in [6.07, 6.45) is 8.48. The number of carbonyl (C=O) groups excluding carboxylic acids is 1. The standard InChI is InChI=1S/C27H29NO2/c1-20(29)28-15-14-24-18-22(16-21-8-4-2-5-9-21)17-23-12-13-26(19-27(23)24)30-25-10-6-3-7-11-25/h2,4-5,8-10,12-13,17-19H,3,6-7,11,14-16H2,1H3,(H,28,29). The average Bonchev–Trinajstić information content (AvgIpc) is 2.75. The molecule has 154 valence electrons. The first-order valence-electron chi connectivity index (χ1n) is 10.9. The van der Waals surface area contributed by atoms with Gasteiger partial charge in [-0.3, -0.25) is 4.79 Å². The molecule has 3 aromatic rings. The summed E-state index contributed by atoms with van der Waals surface area (Å²) in [4.78, 5) is 11.3. The highest BCUT2D eigenvalue weighted by Gasteiger charge is 2.10. The smallest absolute Gasteiger partial charge is 0.216 e. The van der Waals surface area contributed by atoms with E-state index in [-0.39, 0.29) is 5.91 Å². The third-order valence-electron chi connectivity index (χ3n) is 5.59. The largest absolute Gasteiger partial charge is 0.462 e. The van der Waals surface area contributed by atoms with Crippen LogP contribution >= 0.6 is 0 Å². The van der Waals surface area contributed by atoms with Gasteiger partial charge in [0.25, 0.3) is 0 Å². The van der Waals surface area contributed by atoms with E-state index in [1.54, 1.807) is 6.92 Å². The molecule has 1 N–H and O–H groups in total. The second kappa shape index (κ2) is 9.62. The molecule has 0 aromatic heterocycles. The fraction of sp³-hybridized carbons (Fsp3) is 0.296. The number of hydrogen-bond acceptors (Lipinski definition) is 2. The molecule has 1 aliphatic carbocycles. The predicted octanol–water partition coefficient (Wildman–Crippen LogP) is 5.95. The molecule has 0 unspecified atom stereocenters. The summed E-state index contributed by atoms with van der Waals surface area (Å²) in [6, 6.07) is 21.5. The summed E-state index contributed by atoms with van der Waals surface area (Å²) >= 11 is 0. The Kier molecular flexibility index (Phi) is 6.48. The van der Waals surface area contributed by atoms with Crippen LogP contribution in [0.15, 0.2) is 72.5 Å². The van der Waals surface area contributed by atoms with Crippen molar-refractivity contribution in [1.82, 2.24) is 5.32 Å². The molecule has 0 atom stereocenters. The van der Waals surface area contributed by atoms with E-state index >= 15 is 0 Å². The molecule has 0 saturated carbocycles. The number of rotatable bonds is 7. The first-order chi connectivity index (χ1) is 14.7. The van der Waals surface area contributed by atoms with Crippen molar-refractivity contribution in [1.29, 1.82) is 0 Å². The van der Waals surface area contributed by atoms with Gasteiger partial charge in [0.1, 0.15) is 11.5 Å². The maximum absolute atomic E-state index is 11.3. The maximum atomic E-state index is 11.3. The highest BCUT2D eigenvalue weighted by Crippen LogP contribution is 2.29. The van der Waals surface area contributed by atoms with Crippen LogP contribution < -0.4 is 10.1 Å². The lowest BCUT2D eigenvalue weighted by Crippen LogP contribution is -2.22. The molecule has 3 heteroatoms. The van der Waals surface area contributed by atoms with Crippen LogP contribution in [0.25, 0.3) is 10.8 Å². The van der Waals surface area contributed by atoms with Gasteiger partial charge in [-0.1, -0.05) is 48.5 Å². The molecule has 4 rings (SSSR count). The number of nitrogens with one attached hydrogen (secondary N) is 1. The molecular formula is C27H29NO2. The topological polar surface area (TPSA) is 38.3 Å². The third-order valence-corrected chi connectivity index (χ3v) is 5.59. The number of carbonyl (C=O) groups is 1. The minimum absolute atomic E-state index is 0.00741. The lowest BCUT2D eigenvalue weighted by atomic mass is 9.95. The van der Waals surface area contributed by atoms with Crippen molar-refractivity contribution in [3.63, 3.8) is 0 Å². The summed E-state index contributed by atoms with van der Waals surface area (Å²) in [5.41, 5.74) is 3.83. The highest BCUT2D eigenvalue weighted by molar-refractivity contribution is 5.88. The SMILES string of the molecule is CC(=O)NCCc1cc(Cc2ccccc2)cc2ccc(OC3=CCCCC3)cc12. The molecule has 0 spiro atoms. The Morgan fingerprint density at radius 2 is 1.87 bits per heavy atom. The molecule has 0 fully saturated rings. The molecule has 0 bridgehead atoms. The van der Waals surface area contributed by atoms with Crippen molar-refractivity contribution < 1.29 is 9.53 Å². The van der Waals surface area contributed by atoms with Crippen LogP contribution in [0.4, 0.5) is 0 Å². The second-order valence-electron chi connectivity index (χ2n) is 8.05. The predicted molar refractivity (Wildman–Crippen MR) is 123 cm³/mol. The molecule has 3 nitrogen and oxygen atoms in total. The zero-order chi connectivity index (χ0) is 20.8. The number of ether oxygens (including phenoxy) is 1. The van der Waals surface area contributed by atoms with E-state index in [1.807, 2.05) is 6.07 Å². The maximum Gasteiger partial charge on any atom is 0.216 e. The van der Waals surface area contributed by atoms with E-state index in [9.17, 15) is 4.79 Å². The van der Waals surface area contributed by atoms with Gasteiger partial charge in [0.05, 0.1) is 0 Å². The number of benzene rings is 3. The van der Waals surface area contributed by atoms with E-state index in [0.717, 1.165) is 37.2 Å². The van der Waals surface area contributed by atoms with Crippen LogP contribution in [-0.4, -0.2) is 12.5 Å².